The summed E-state index contributed by atoms with van der Waals surface area (Å²) in [6.45, 7) is 1.85. The Labute approximate surface area is 76.3 Å². The van der Waals surface area contributed by atoms with Gasteiger partial charge in [0.15, 0.2) is 0 Å². The summed E-state index contributed by atoms with van der Waals surface area (Å²) in [5.41, 5.74) is 1.47. The molecule has 2 rings (SSSR count). The van der Waals surface area contributed by atoms with Crippen LogP contribution in [0.5, 0.6) is 5.75 Å². The van der Waals surface area contributed by atoms with Crippen molar-refractivity contribution < 1.29 is 14.3 Å². The average molecular weight is 178 g/mol. The molecule has 1 aromatic carbocycles. The molecule has 0 spiro atoms. The highest BCUT2D eigenvalue weighted by molar-refractivity contribution is 5.96. The second-order valence-corrected chi connectivity index (χ2v) is 2.97. The number of carbonyl (C=O) groups is 1. The standard InChI is InChI=1S/C10H10O3/c1-6-7-4-3-5-8(12-2)9(7)10(11)13-6/h3-6H,1-2H3/t6-/m1/s1. The van der Waals surface area contributed by atoms with Crippen LogP contribution in [0.3, 0.4) is 0 Å². The number of hydrogen-bond acceptors (Lipinski definition) is 3. The summed E-state index contributed by atoms with van der Waals surface area (Å²) >= 11 is 0. The summed E-state index contributed by atoms with van der Waals surface area (Å²) in [5, 5.41) is 0. The molecule has 1 aromatic rings. The quantitative estimate of drug-likeness (QED) is 0.616. The molecular formula is C10H10O3. The van der Waals surface area contributed by atoms with Crippen LogP contribution in [0.15, 0.2) is 18.2 Å². The molecule has 0 amide bonds. The van der Waals surface area contributed by atoms with E-state index in [0.29, 0.717) is 11.3 Å². The van der Waals surface area contributed by atoms with Crippen LogP contribution in [0.2, 0.25) is 0 Å². The van der Waals surface area contributed by atoms with Crippen LogP contribution in [-0.2, 0) is 4.74 Å². The van der Waals surface area contributed by atoms with Crippen LogP contribution in [0, 0.1) is 0 Å². The molecule has 0 aromatic heterocycles. The van der Waals surface area contributed by atoms with Gasteiger partial charge in [-0.3, -0.25) is 0 Å². The number of hydrogen-bond donors (Lipinski definition) is 0. The zero-order valence-electron chi connectivity index (χ0n) is 7.53. The van der Waals surface area contributed by atoms with E-state index in [1.807, 2.05) is 19.1 Å². The van der Waals surface area contributed by atoms with E-state index in [9.17, 15) is 4.79 Å². The molecule has 1 heterocycles. The highest BCUT2D eigenvalue weighted by Gasteiger charge is 2.30. The molecule has 1 aliphatic rings. The van der Waals surface area contributed by atoms with Crippen molar-refractivity contribution in [1.82, 2.24) is 0 Å². The molecule has 0 radical (unpaired) electrons. The van der Waals surface area contributed by atoms with Gasteiger partial charge in [0.25, 0.3) is 0 Å². The zero-order chi connectivity index (χ0) is 9.42. The summed E-state index contributed by atoms with van der Waals surface area (Å²) in [6, 6.07) is 5.50. The highest BCUT2D eigenvalue weighted by atomic mass is 16.6. The molecule has 1 aliphatic heterocycles. The maximum atomic E-state index is 11.4. The summed E-state index contributed by atoms with van der Waals surface area (Å²) in [5.74, 6) is 0.298. The molecule has 3 heteroatoms. The fraction of sp³-hybridized carbons (Fsp3) is 0.300. The van der Waals surface area contributed by atoms with Gasteiger partial charge in [-0.15, -0.1) is 0 Å². The first-order valence-corrected chi connectivity index (χ1v) is 4.12. The maximum Gasteiger partial charge on any atom is 0.342 e. The lowest BCUT2D eigenvalue weighted by Gasteiger charge is -2.03. The number of esters is 1. The molecule has 3 nitrogen and oxygen atoms in total. The lowest BCUT2D eigenvalue weighted by molar-refractivity contribution is 0.0420. The second-order valence-electron chi connectivity index (χ2n) is 2.97. The highest BCUT2D eigenvalue weighted by Crippen LogP contribution is 2.35. The van der Waals surface area contributed by atoms with Gasteiger partial charge < -0.3 is 9.47 Å². The Morgan fingerprint density at radius 3 is 2.92 bits per heavy atom. The average Bonchev–Trinajstić information content (AvgIpc) is 2.43. The lowest BCUT2D eigenvalue weighted by Crippen LogP contribution is -1.97. The molecule has 0 fully saturated rings. The Kier molecular flexibility index (Phi) is 1.72. The van der Waals surface area contributed by atoms with Crippen LogP contribution < -0.4 is 4.74 Å². The van der Waals surface area contributed by atoms with Crippen molar-refractivity contribution >= 4 is 5.97 Å². The van der Waals surface area contributed by atoms with E-state index in [2.05, 4.69) is 0 Å². The monoisotopic (exact) mass is 178 g/mol. The van der Waals surface area contributed by atoms with Crippen LogP contribution >= 0.6 is 0 Å². The van der Waals surface area contributed by atoms with Crippen LogP contribution in [0.4, 0.5) is 0 Å². The number of methoxy groups -OCH3 is 1. The first-order valence-electron chi connectivity index (χ1n) is 4.12. The van der Waals surface area contributed by atoms with Crippen molar-refractivity contribution in [3.8, 4) is 5.75 Å². The van der Waals surface area contributed by atoms with Gasteiger partial charge in [0.2, 0.25) is 0 Å². The normalized spacial score (nSPS) is 19.5. The van der Waals surface area contributed by atoms with E-state index in [1.165, 1.54) is 0 Å². The van der Waals surface area contributed by atoms with Gasteiger partial charge in [0.05, 0.1) is 7.11 Å². The largest absolute Gasteiger partial charge is 0.496 e. The predicted octanol–water partition coefficient (Wildman–Crippen LogP) is 1.93. The topological polar surface area (TPSA) is 35.5 Å². The fourth-order valence-electron chi connectivity index (χ4n) is 1.56. The minimum Gasteiger partial charge on any atom is -0.496 e. The molecule has 13 heavy (non-hydrogen) atoms. The molecular weight excluding hydrogens is 168 g/mol. The third kappa shape index (κ3) is 1.08. The number of ether oxygens (including phenoxy) is 2. The van der Waals surface area contributed by atoms with Gasteiger partial charge in [0.1, 0.15) is 17.4 Å². The Morgan fingerprint density at radius 1 is 1.46 bits per heavy atom. The molecule has 1 atom stereocenters. The smallest absolute Gasteiger partial charge is 0.342 e. The number of rotatable bonds is 1. The third-order valence-corrected chi connectivity index (χ3v) is 2.20. The minimum absolute atomic E-state index is 0.155. The SMILES string of the molecule is COc1cccc2c1C(=O)O[C@@H]2C. The predicted molar refractivity (Wildman–Crippen MR) is 46.8 cm³/mol. The van der Waals surface area contributed by atoms with Gasteiger partial charge in [-0.1, -0.05) is 12.1 Å². The van der Waals surface area contributed by atoms with Crippen molar-refractivity contribution in [2.45, 2.75) is 13.0 Å². The van der Waals surface area contributed by atoms with Crippen molar-refractivity contribution in [1.29, 1.82) is 0 Å². The van der Waals surface area contributed by atoms with Gasteiger partial charge in [-0.2, -0.15) is 0 Å². The van der Waals surface area contributed by atoms with E-state index >= 15 is 0 Å². The Bertz CT molecular complexity index is 357. The van der Waals surface area contributed by atoms with Gasteiger partial charge in [-0.25, -0.2) is 4.79 Å². The molecule has 0 saturated heterocycles. The Balaban J connectivity index is 2.62. The van der Waals surface area contributed by atoms with Crippen LogP contribution in [-0.4, -0.2) is 13.1 Å². The number of fused-ring (bicyclic) bond motifs is 1. The maximum absolute atomic E-state index is 11.4. The van der Waals surface area contributed by atoms with E-state index in [1.54, 1.807) is 13.2 Å². The van der Waals surface area contributed by atoms with Gasteiger partial charge in [-0.05, 0) is 13.0 Å². The van der Waals surface area contributed by atoms with Crippen LogP contribution in [0.25, 0.3) is 0 Å². The molecule has 0 saturated carbocycles. The van der Waals surface area contributed by atoms with E-state index in [0.717, 1.165) is 5.56 Å². The van der Waals surface area contributed by atoms with Crippen molar-refractivity contribution in [2.75, 3.05) is 7.11 Å². The summed E-state index contributed by atoms with van der Waals surface area (Å²) in [6.07, 6.45) is -0.155. The molecule has 68 valence electrons. The van der Waals surface area contributed by atoms with Crippen molar-refractivity contribution in [3.05, 3.63) is 29.3 Å². The summed E-state index contributed by atoms with van der Waals surface area (Å²) < 4.78 is 10.1. The number of cyclic esters (lactones) is 1. The molecule has 0 unspecified atom stereocenters. The van der Waals surface area contributed by atoms with Crippen molar-refractivity contribution in [2.24, 2.45) is 0 Å². The summed E-state index contributed by atoms with van der Waals surface area (Å²) in [4.78, 5) is 11.4. The Hall–Kier alpha value is -1.51. The zero-order valence-corrected chi connectivity index (χ0v) is 7.53. The summed E-state index contributed by atoms with van der Waals surface area (Å²) in [7, 11) is 1.55. The number of benzene rings is 1. The second kappa shape index (κ2) is 2.76. The Morgan fingerprint density at radius 2 is 2.23 bits per heavy atom. The first kappa shape index (κ1) is 8.10. The van der Waals surface area contributed by atoms with Crippen LogP contribution in [0.1, 0.15) is 28.9 Å². The lowest BCUT2D eigenvalue weighted by atomic mass is 10.1. The molecule has 0 bridgehead atoms. The van der Waals surface area contributed by atoms with E-state index in [4.69, 9.17) is 9.47 Å². The molecule has 0 aliphatic carbocycles. The van der Waals surface area contributed by atoms with Gasteiger partial charge >= 0.3 is 5.97 Å². The van der Waals surface area contributed by atoms with E-state index < -0.39 is 0 Å². The number of carbonyl (C=O) groups excluding carboxylic acids is 1. The third-order valence-electron chi connectivity index (χ3n) is 2.20. The van der Waals surface area contributed by atoms with E-state index in [-0.39, 0.29) is 12.1 Å². The van der Waals surface area contributed by atoms with Gasteiger partial charge in [0, 0.05) is 5.56 Å². The van der Waals surface area contributed by atoms with Crippen molar-refractivity contribution in [3.63, 3.8) is 0 Å². The fourth-order valence-corrected chi connectivity index (χ4v) is 1.56. The minimum atomic E-state index is -0.292. The first-order chi connectivity index (χ1) is 6.24. The molecule has 0 N–H and O–H groups in total.